The number of amides is 1. The molecule has 0 spiro atoms. The maximum atomic E-state index is 12.1. The van der Waals surface area contributed by atoms with Crippen LogP contribution in [0.15, 0.2) is 0 Å². The number of hydrogen-bond donors (Lipinski definition) is 2. The summed E-state index contributed by atoms with van der Waals surface area (Å²) in [5, 5.41) is 12.1. The molecule has 17 heavy (non-hydrogen) atoms. The van der Waals surface area contributed by atoms with E-state index in [1.54, 1.807) is 0 Å². The van der Waals surface area contributed by atoms with Crippen molar-refractivity contribution in [3.05, 3.63) is 0 Å². The van der Waals surface area contributed by atoms with Crippen LogP contribution in [0.3, 0.4) is 0 Å². The Morgan fingerprint density at radius 3 is 2.65 bits per heavy atom. The molecule has 2 heterocycles. The Kier molecular flexibility index (Phi) is 3.93. The quantitative estimate of drug-likeness (QED) is 0.601. The van der Waals surface area contributed by atoms with E-state index in [0.717, 1.165) is 0 Å². The molecule has 0 aromatic heterocycles. The number of nitrogens with one attached hydrogen (secondary N) is 1. The van der Waals surface area contributed by atoms with E-state index in [0.29, 0.717) is 32.9 Å². The highest BCUT2D eigenvalue weighted by atomic mass is 16.5. The minimum atomic E-state index is -1.03. The van der Waals surface area contributed by atoms with E-state index in [2.05, 4.69) is 5.32 Å². The van der Waals surface area contributed by atoms with E-state index < -0.39 is 18.1 Å². The second kappa shape index (κ2) is 5.44. The molecule has 7 heteroatoms. The van der Waals surface area contributed by atoms with Crippen molar-refractivity contribution < 1.29 is 24.2 Å². The molecule has 0 radical (unpaired) electrons. The monoisotopic (exact) mass is 244 g/mol. The van der Waals surface area contributed by atoms with E-state index in [1.807, 2.05) is 0 Å². The Labute approximate surface area is 98.7 Å². The van der Waals surface area contributed by atoms with E-state index in [-0.39, 0.29) is 12.5 Å². The molecule has 2 fully saturated rings. The van der Waals surface area contributed by atoms with E-state index in [9.17, 15) is 9.59 Å². The topological polar surface area (TPSA) is 88.1 Å². The van der Waals surface area contributed by atoms with Crippen molar-refractivity contribution in [1.29, 1.82) is 0 Å². The van der Waals surface area contributed by atoms with Crippen LogP contribution in [0.5, 0.6) is 0 Å². The van der Waals surface area contributed by atoms with Crippen molar-refractivity contribution in [2.24, 2.45) is 0 Å². The molecule has 2 atom stereocenters. The maximum absolute atomic E-state index is 12.1. The number of morpholine rings is 2. The van der Waals surface area contributed by atoms with Crippen LogP contribution in [0.4, 0.5) is 0 Å². The third-order valence-corrected chi connectivity index (χ3v) is 2.92. The van der Waals surface area contributed by atoms with E-state index in [1.165, 1.54) is 4.90 Å². The highest BCUT2D eigenvalue weighted by Gasteiger charge is 2.36. The second-order valence-corrected chi connectivity index (χ2v) is 4.04. The molecule has 0 aliphatic carbocycles. The summed E-state index contributed by atoms with van der Waals surface area (Å²) in [7, 11) is 0. The number of carboxylic acids is 1. The third-order valence-electron chi connectivity index (χ3n) is 2.92. The van der Waals surface area contributed by atoms with Crippen LogP contribution in [0, 0.1) is 0 Å². The molecule has 2 saturated heterocycles. The summed E-state index contributed by atoms with van der Waals surface area (Å²) in [6.45, 7) is 2.22. The number of hydrogen-bond acceptors (Lipinski definition) is 5. The SMILES string of the molecule is O=C(O)C1COCCN1C(=O)C1COCCN1. The fraction of sp³-hybridized carbons (Fsp3) is 0.800. The summed E-state index contributed by atoms with van der Waals surface area (Å²) in [4.78, 5) is 24.5. The van der Waals surface area contributed by atoms with Crippen LogP contribution in [0.25, 0.3) is 0 Å². The first-order chi connectivity index (χ1) is 8.20. The highest BCUT2D eigenvalue weighted by molar-refractivity contribution is 5.87. The summed E-state index contributed by atoms with van der Waals surface area (Å²) < 4.78 is 10.3. The average Bonchev–Trinajstić information content (AvgIpc) is 2.39. The molecule has 2 rings (SSSR count). The number of ether oxygens (including phenoxy) is 2. The molecular weight excluding hydrogens is 228 g/mol. The third kappa shape index (κ3) is 2.74. The molecular formula is C10H16N2O5. The number of rotatable bonds is 2. The normalized spacial score (nSPS) is 30.0. The van der Waals surface area contributed by atoms with E-state index >= 15 is 0 Å². The minimum absolute atomic E-state index is 0.0502. The zero-order chi connectivity index (χ0) is 12.3. The van der Waals surface area contributed by atoms with Gasteiger partial charge in [-0.1, -0.05) is 0 Å². The lowest BCUT2D eigenvalue weighted by Crippen LogP contribution is -2.60. The predicted molar refractivity (Wildman–Crippen MR) is 56.6 cm³/mol. The Balaban J connectivity index is 2.02. The number of nitrogens with zero attached hydrogens (tertiary/aromatic N) is 1. The summed E-state index contributed by atoms with van der Waals surface area (Å²) in [6.07, 6.45) is 0. The summed E-state index contributed by atoms with van der Waals surface area (Å²) in [6, 6.07) is -1.33. The van der Waals surface area contributed by atoms with Gasteiger partial charge in [0.15, 0.2) is 6.04 Å². The van der Waals surface area contributed by atoms with Crippen LogP contribution in [-0.2, 0) is 19.1 Å². The fourth-order valence-electron chi connectivity index (χ4n) is 2.00. The van der Waals surface area contributed by atoms with Crippen LogP contribution in [-0.4, -0.2) is 73.5 Å². The first-order valence-corrected chi connectivity index (χ1v) is 5.62. The van der Waals surface area contributed by atoms with Crippen LogP contribution >= 0.6 is 0 Å². The van der Waals surface area contributed by atoms with Gasteiger partial charge in [0, 0.05) is 13.1 Å². The van der Waals surface area contributed by atoms with Gasteiger partial charge < -0.3 is 24.8 Å². The zero-order valence-corrected chi connectivity index (χ0v) is 9.42. The zero-order valence-electron chi connectivity index (χ0n) is 9.42. The van der Waals surface area contributed by atoms with Crippen molar-refractivity contribution in [3.63, 3.8) is 0 Å². The Morgan fingerprint density at radius 2 is 2.00 bits per heavy atom. The average molecular weight is 244 g/mol. The van der Waals surface area contributed by atoms with Crippen molar-refractivity contribution >= 4 is 11.9 Å². The van der Waals surface area contributed by atoms with Gasteiger partial charge in [-0.25, -0.2) is 4.79 Å². The van der Waals surface area contributed by atoms with Crippen LogP contribution < -0.4 is 5.32 Å². The lowest BCUT2D eigenvalue weighted by molar-refractivity contribution is -0.160. The molecule has 7 nitrogen and oxygen atoms in total. The van der Waals surface area contributed by atoms with Gasteiger partial charge in [0.25, 0.3) is 0 Å². The second-order valence-electron chi connectivity index (χ2n) is 4.04. The van der Waals surface area contributed by atoms with Gasteiger partial charge in [-0.3, -0.25) is 4.79 Å². The highest BCUT2D eigenvalue weighted by Crippen LogP contribution is 2.10. The fourth-order valence-corrected chi connectivity index (χ4v) is 2.00. The van der Waals surface area contributed by atoms with Gasteiger partial charge >= 0.3 is 5.97 Å². The molecule has 2 unspecified atom stereocenters. The lowest BCUT2D eigenvalue weighted by atomic mass is 10.1. The first-order valence-electron chi connectivity index (χ1n) is 5.62. The number of aliphatic carboxylic acids is 1. The van der Waals surface area contributed by atoms with E-state index in [4.69, 9.17) is 14.6 Å². The van der Waals surface area contributed by atoms with Gasteiger partial charge in [-0.2, -0.15) is 0 Å². The van der Waals surface area contributed by atoms with Gasteiger partial charge in [0.2, 0.25) is 5.91 Å². The Bertz CT molecular complexity index is 303. The minimum Gasteiger partial charge on any atom is -0.480 e. The van der Waals surface area contributed by atoms with Crippen molar-refractivity contribution in [3.8, 4) is 0 Å². The van der Waals surface area contributed by atoms with Crippen molar-refractivity contribution in [2.75, 3.05) is 39.5 Å². The van der Waals surface area contributed by atoms with Crippen molar-refractivity contribution in [2.45, 2.75) is 12.1 Å². The largest absolute Gasteiger partial charge is 0.480 e. The van der Waals surface area contributed by atoms with Gasteiger partial charge in [0.05, 0.1) is 26.4 Å². The number of carbonyl (C=O) groups excluding carboxylic acids is 1. The van der Waals surface area contributed by atoms with Crippen LogP contribution in [0.2, 0.25) is 0 Å². The number of carboxylic acid groups (broad SMARTS) is 1. The predicted octanol–water partition coefficient (Wildman–Crippen LogP) is -1.71. The Morgan fingerprint density at radius 1 is 1.24 bits per heavy atom. The Hall–Kier alpha value is -1.18. The molecule has 0 bridgehead atoms. The molecule has 0 aromatic rings. The van der Waals surface area contributed by atoms with Gasteiger partial charge in [-0.05, 0) is 0 Å². The molecule has 0 saturated carbocycles. The smallest absolute Gasteiger partial charge is 0.328 e. The summed E-state index contributed by atoms with van der Waals surface area (Å²) >= 11 is 0. The van der Waals surface area contributed by atoms with Gasteiger partial charge in [-0.15, -0.1) is 0 Å². The van der Waals surface area contributed by atoms with Crippen molar-refractivity contribution in [1.82, 2.24) is 10.2 Å². The molecule has 1 amide bonds. The molecule has 0 aromatic carbocycles. The van der Waals surface area contributed by atoms with Crippen LogP contribution in [0.1, 0.15) is 0 Å². The molecule has 2 N–H and O–H groups in total. The summed E-state index contributed by atoms with van der Waals surface area (Å²) in [5.41, 5.74) is 0. The molecule has 96 valence electrons. The van der Waals surface area contributed by atoms with Gasteiger partial charge in [0.1, 0.15) is 6.04 Å². The molecule has 2 aliphatic heterocycles. The number of carbonyl (C=O) groups is 2. The first kappa shape index (κ1) is 12.3. The summed E-state index contributed by atoms with van der Waals surface area (Å²) in [5.74, 6) is -1.25. The molecule has 2 aliphatic rings. The maximum Gasteiger partial charge on any atom is 0.328 e. The standard InChI is InChI=1S/C10H16N2O5/c13-9(7-5-16-3-1-11-7)12-2-4-17-6-8(12)10(14)15/h7-8,11H,1-6H2,(H,14,15). The lowest BCUT2D eigenvalue weighted by Gasteiger charge is -2.36.